The molecule has 0 saturated heterocycles. The second-order valence-corrected chi connectivity index (χ2v) is 5.38. The normalized spacial score (nSPS) is 13.7. The van der Waals surface area contributed by atoms with E-state index in [-0.39, 0.29) is 16.5 Å². The molecule has 18 heavy (non-hydrogen) atoms. The average Bonchev–Trinajstić information content (AvgIpc) is 2.37. The second-order valence-electron chi connectivity index (χ2n) is 3.40. The van der Waals surface area contributed by atoms with Crippen molar-refractivity contribution in [1.29, 1.82) is 0 Å². The van der Waals surface area contributed by atoms with Crippen molar-refractivity contribution in [1.82, 2.24) is 0 Å². The van der Waals surface area contributed by atoms with Crippen LogP contribution in [0.2, 0.25) is 0 Å². The van der Waals surface area contributed by atoms with Crippen LogP contribution < -0.4 is 0 Å². The maximum absolute atomic E-state index is 11.5. The van der Waals surface area contributed by atoms with Gasteiger partial charge in [0.05, 0.1) is 16.4 Å². The summed E-state index contributed by atoms with van der Waals surface area (Å²) in [6.07, 6.45) is 0. The van der Waals surface area contributed by atoms with E-state index in [1.54, 1.807) is 19.1 Å². The summed E-state index contributed by atoms with van der Waals surface area (Å²) in [4.78, 5) is 20.7. The number of rotatable bonds is 5. The molecule has 0 spiro atoms. The molecule has 1 aromatic carbocycles. The minimum absolute atomic E-state index is 0.0145. The minimum atomic E-state index is -0.543. The number of alkyl halides is 2. The van der Waals surface area contributed by atoms with Crippen LogP contribution in [0, 0.1) is 10.1 Å². The third-order valence-corrected chi connectivity index (χ3v) is 4.86. The predicted octanol–water partition coefficient (Wildman–Crippen LogP) is 3.36. The maximum Gasteiger partial charge on any atom is 0.321 e. The lowest BCUT2D eigenvalue weighted by Gasteiger charge is -2.15. The topological polar surface area (TPSA) is 69.4 Å². The molecule has 1 aromatic rings. The highest BCUT2D eigenvalue weighted by Crippen LogP contribution is 2.32. The summed E-state index contributed by atoms with van der Waals surface area (Å²) in [5.74, 6) is -0.377. The largest absolute Gasteiger partial charge is 0.465 e. The maximum atomic E-state index is 11.5. The molecular formula is C11H11Br2NO4. The van der Waals surface area contributed by atoms with Gasteiger partial charge in [0, 0.05) is 12.1 Å². The van der Waals surface area contributed by atoms with Crippen LogP contribution in [0.25, 0.3) is 0 Å². The van der Waals surface area contributed by atoms with E-state index in [1.807, 2.05) is 0 Å². The number of nitro benzene ring substituents is 1. The number of halogens is 2. The van der Waals surface area contributed by atoms with Crippen LogP contribution in [0.15, 0.2) is 24.3 Å². The van der Waals surface area contributed by atoms with Gasteiger partial charge in [-0.25, -0.2) is 0 Å². The Kier molecular flexibility index (Phi) is 5.74. The van der Waals surface area contributed by atoms with Gasteiger partial charge in [0.25, 0.3) is 5.69 Å². The van der Waals surface area contributed by atoms with Gasteiger partial charge in [-0.05, 0) is 12.5 Å². The second kappa shape index (κ2) is 6.84. The van der Waals surface area contributed by atoms with Gasteiger partial charge in [0.15, 0.2) is 0 Å². The van der Waals surface area contributed by atoms with Crippen molar-refractivity contribution in [2.24, 2.45) is 0 Å². The van der Waals surface area contributed by atoms with E-state index >= 15 is 0 Å². The van der Waals surface area contributed by atoms with E-state index in [1.165, 1.54) is 12.1 Å². The van der Waals surface area contributed by atoms with Crippen molar-refractivity contribution in [2.75, 3.05) is 6.61 Å². The first-order valence-electron chi connectivity index (χ1n) is 5.16. The summed E-state index contributed by atoms with van der Waals surface area (Å²) in [6, 6.07) is 6.00. The molecular weight excluding hydrogens is 370 g/mol. The number of carbonyl (C=O) groups is 1. The molecule has 0 amide bonds. The van der Waals surface area contributed by atoms with Crippen molar-refractivity contribution in [2.45, 2.75) is 16.6 Å². The van der Waals surface area contributed by atoms with Crippen molar-refractivity contribution < 1.29 is 14.5 Å². The highest BCUT2D eigenvalue weighted by atomic mass is 79.9. The number of non-ortho nitro benzene ring substituents is 1. The fraction of sp³-hybridized carbons (Fsp3) is 0.364. The zero-order valence-corrected chi connectivity index (χ0v) is 12.7. The molecule has 0 radical (unpaired) electrons. The Labute approximate surface area is 121 Å². The highest BCUT2D eigenvalue weighted by molar-refractivity contribution is 9.12. The van der Waals surface area contributed by atoms with Gasteiger partial charge in [-0.1, -0.05) is 44.0 Å². The number of nitro groups is 1. The summed E-state index contributed by atoms with van der Waals surface area (Å²) in [7, 11) is 0. The Hall–Kier alpha value is -0.950. The number of nitrogens with zero attached hydrogens (tertiary/aromatic N) is 1. The molecule has 0 fully saturated rings. The summed E-state index contributed by atoms with van der Waals surface area (Å²) in [5.41, 5.74) is 0.774. The molecule has 0 aliphatic carbocycles. The van der Waals surface area contributed by atoms with E-state index in [9.17, 15) is 14.9 Å². The van der Waals surface area contributed by atoms with Crippen molar-refractivity contribution in [3.05, 3.63) is 39.9 Å². The molecule has 0 saturated carbocycles. The molecule has 0 aromatic heterocycles. The van der Waals surface area contributed by atoms with E-state index in [0.29, 0.717) is 6.61 Å². The Morgan fingerprint density at radius 3 is 2.39 bits per heavy atom. The van der Waals surface area contributed by atoms with E-state index in [0.717, 1.165) is 5.56 Å². The third kappa shape index (κ3) is 3.78. The monoisotopic (exact) mass is 379 g/mol. The quantitative estimate of drug-likeness (QED) is 0.340. The van der Waals surface area contributed by atoms with Crippen molar-refractivity contribution in [3.8, 4) is 0 Å². The molecule has 0 unspecified atom stereocenters. The SMILES string of the molecule is CCOC(=O)[C@H](Br)[C@H](Br)c1ccc([N+](=O)[O-])cc1. The van der Waals surface area contributed by atoms with Gasteiger partial charge in [0.1, 0.15) is 4.83 Å². The fourth-order valence-electron chi connectivity index (χ4n) is 1.29. The summed E-state index contributed by atoms with van der Waals surface area (Å²) in [5, 5.41) is 10.5. The van der Waals surface area contributed by atoms with Crippen LogP contribution >= 0.6 is 31.9 Å². The van der Waals surface area contributed by atoms with Crippen LogP contribution in [-0.2, 0) is 9.53 Å². The van der Waals surface area contributed by atoms with Crippen LogP contribution in [0.3, 0.4) is 0 Å². The number of hydrogen-bond donors (Lipinski definition) is 0. The lowest BCUT2D eigenvalue weighted by Crippen LogP contribution is -2.21. The Morgan fingerprint density at radius 1 is 1.39 bits per heavy atom. The number of carbonyl (C=O) groups excluding carboxylic acids is 1. The van der Waals surface area contributed by atoms with E-state index in [2.05, 4.69) is 31.9 Å². The molecule has 0 aliphatic heterocycles. The van der Waals surface area contributed by atoms with E-state index in [4.69, 9.17) is 4.74 Å². The van der Waals surface area contributed by atoms with Gasteiger partial charge < -0.3 is 4.74 Å². The first-order chi connectivity index (χ1) is 8.47. The molecule has 0 heterocycles. The average molecular weight is 381 g/mol. The fourth-order valence-corrected chi connectivity index (χ4v) is 2.25. The Balaban J connectivity index is 2.80. The molecule has 2 atom stereocenters. The lowest BCUT2D eigenvalue weighted by atomic mass is 10.1. The van der Waals surface area contributed by atoms with Crippen molar-refractivity contribution in [3.63, 3.8) is 0 Å². The third-order valence-electron chi connectivity index (χ3n) is 2.19. The number of hydrogen-bond acceptors (Lipinski definition) is 4. The molecule has 0 bridgehead atoms. The molecule has 5 nitrogen and oxygen atoms in total. The zero-order chi connectivity index (χ0) is 13.7. The van der Waals surface area contributed by atoms with Crippen LogP contribution in [0.1, 0.15) is 17.3 Å². The van der Waals surface area contributed by atoms with Gasteiger partial charge >= 0.3 is 5.97 Å². The Morgan fingerprint density at radius 2 is 1.94 bits per heavy atom. The summed E-state index contributed by atoms with van der Waals surface area (Å²) < 4.78 is 4.88. The smallest absolute Gasteiger partial charge is 0.321 e. The molecule has 7 heteroatoms. The summed E-state index contributed by atoms with van der Waals surface area (Å²) >= 11 is 6.60. The van der Waals surface area contributed by atoms with Gasteiger partial charge in [0.2, 0.25) is 0 Å². The Bertz CT molecular complexity index is 435. The van der Waals surface area contributed by atoms with Gasteiger partial charge in [-0.2, -0.15) is 0 Å². The molecule has 0 N–H and O–H groups in total. The van der Waals surface area contributed by atoms with Gasteiger partial charge in [-0.3, -0.25) is 14.9 Å². The van der Waals surface area contributed by atoms with Crippen molar-refractivity contribution >= 4 is 43.5 Å². The first kappa shape index (κ1) is 15.1. The molecule has 1 rings (SSSR count). The number of esters is 1. The highest BCUT2D eigenvalue weighted by Gasteiger charge is 2.26. The standard InChI is InChI=1S/C11H11Br2NO4/c1-2-18-11(15)10(13)9(12)7-3-5-8(6-4-7)14(16)17/h3-6,9-10H,2H2,1H3/t9-,10-/m1/s1. The predicted molar refractivity (Wildman–Crippen MR) is 74.1 cm³/mol. The number of benzene rings is 1. The zero-order valence-electron chi connectivity index (χ0n) is 9.51. The van der Waals surface area contributed by atoms with Crippen LogP contribution in [0.5, 0.6) is 0 Å². The van der Waals surface area contributed by atoms with E-state index < -0.39 is 9.75 Å². The lowest BCUT2D eigenvalue weighted by molar-refractivity contribution is -0.384. The number of ether oxygens (including phenoxy) is 1. The molecule has 98 valence electrons. The first-order valence-corrected chi connectivity index (χ1v) is 6.99. The van der Waals surface area contributed by atoms with Gasteiger partial charge in [-0.15, -0.1) is 0 Å². The molecule has 0 aliphatic rings. The summed E-state index contributed by atoms with van der Waals surface area (Å²) in [6.45, 7) is 2.04. The van der Waals surface area contributed by atoms with Crippen LogP contribution in [-0.4, -0.2) is 22.3 Å². The minimum Gasteiger partial charge on any atom is -0.465 e. The van der Waals surface area contributed by atoms with Crippen LogP contribution in [0.4, 0.5) is 5.69 Å².